The highest BCUT2D eigenvalue weighted by atomic mass is 16.3. The van der Waals surface area contributed by atoms with Crippen LogP contribution < -0.4 is 0 Å². The molecule has 0 aromatic heterocycles. The molecule has 0 unspecified atom stereocenters. The third kappa shape index (κ3) is 1.24. The zero-order chi connectivity index (χ0) is 8.43. The van der Waals surface area contributed by atoms with Gasteiger partial charge in [0.25, 0.3) is 0 Å². The van der Waals surface area contributed by atoms with Crippen molar-refractivity contribution in [3.8, 4) is 5.75 Å². The molecule has 0 radical (unpaired) electrons. The number of aldehydes is 1. The van der Waals surface area contributed by atoms with Crippen molar-refractivity contribution >= 4 is 6.29 Å². The molecule has 0 atom stereocenters. The highest BCUT2D eigenvalue weighted by Crippen LogP contribution is 2.22. The van der Waals surface area contributed by atoms with Crippen molar-refractivity contribution < 1.29 is 9.90 Å². The SMILES string of the molecule is Cc1ccc(C)c(C=O)c1O. The molecule has 0 heterocycles. The van der Waals surface area contributed by atoms with Crippen LogP contribution in [0.3, 0.4) is 0 Å². The fourth-order valence-electron chi connectivity index (χ4n) is 0.967. The van der Waals surface area contributed by atoms with E-state index in [1.54, 1.807) is 19.9 Å². The predicted octanol–water partition coefficient (Wildman–Crippen LogP) is 1.82. The van der Waals surface area contributed by atoms with Crippen LogP contribution in [0.2, 0.25) is 0 Å². The van der Waals surface area contributed by atoms with Crippen LogP contribution in [0.4, 0.5) is 0 Å². The summed E-state index contributed by atoms with van der Waals surface area (Å²) in [6.07, 6.45) is 0.678. The molecule has 2 heteroatoms. The molecule has 1 rings (SSSR count). The minimum Gasteiger partial charge on any atom is -0.507 e. The zero-order valence-electron chi connectivity index (χ0n) is 6.59. The molecule has 2 nitrogen and oxygen atoms in total. The van der Waals surface area contributed by atoms with Crippen LogP contribution in [-0.2, 0) is 0 Å². The lowest BCUT2D eigenvalue weighted by Gasteiger charge is -2.03. The number of aromatic hydroxyl groups is 1. The van der Waals surface area contributed by atoms with Crippen LogP contribution >= 0.6 is 0 Å². The second kappa shape index (κ2) is 2.74. The molecule has 0 aliphatic rings. The Morgan fingerprint density at radius 2 is 1.82 bits per heavy atom. The van der Waals surface area contributed by atoms with Crippen LogP contribution in [-0.4, -0.2) is 11.4 Å². The highest BCUT2D eigenvalue weighted by Gasteiger charge is 2.04. The highest BCUT2D eigenvalue weighted by molar-refractivity contribution is 5.82. The molecule has 1 aromatic rings. The lowest BCUT2D eigenvalue weighted by Crippen LogP contribution is -1.88. The maximum absolute atomic E-state index is 10.4. The number of rotatable bonds is 1. The van der Waals surface area contributed by atoms with Gasteiger partial charge in [0.2, 0.25) is 0 Å². The Morgan fingerprint density at radius 1 is 1.27 bits per heavy atom. The summed E-state index contributed by atoms with van der Waals surface area (Å²) < 4.78 is 0. The summed E-state index contributed by atoms with van der Waals surface area (Å²) in [6.45, 7) is 3.56. The third-order valence-corrected chi connectivity index (χ3v) is 1.75. The first-order valence-corrected chi connectivity index (χ1v) is 3.41. The van der Waals surface area contributed by atoms with Crippen molar-refractivity contribution in [1.29, 1.82) is 0 Å². The van der Waals surface area contributed by atoms with Gasteiger partial charge in [-0.2, -0.15) is 0 Å². The van der Waals surface area contributed by atoms with Gasteiger partial charge in [-0.1, -0.05) is 12.1 Å². The van der Waals surface area contributed by atoms with Gasteiger partial charge < -0.3 is 5.11 Å². The van der Waals surface area contributed by atoms with Gasteiger partial charge in [0.1, 0.15) is 5.75 Å². The molecule has 1 N–H and O–H groups in total. The topological polar surface area (TPSA) is 37.3 Å². The van der Waals surface area contributed by atoms with Crippen molar-refractivity contribution in [1.82, 2.24) is 0 Å². The van der Waals surface area contributed by atoms with Gasteiger partial charge in [-0.3, -0.25) is 4.79 Å². The normalized spacial score (nSPS) is 9.64. The first kappa shape index (κ1) is 7.79. The summed E-state index contributed by atoms with van der Waals surface area (Å²) in [5, 5.41) is 9.35. The summed E-state index contributed by atoms with van der Waals surface area (Å²) in [7, 11) is 0. The molecule has 0 aliphatic heterocycles. The number of phenolic OH excluding ortho intramolecular Hbond substituents is 1. The smallest absolute Gasteiger partial charge is 0.154 e. The summed E-state index contributed by atoms with van der Waals surface area (Å²) in [4.78, 5) is 10.4. The Balaban J connectivity index is 3.40. The molecule has 0 aliphatic carbocycles. The van der Waals surface area contributed by atoms with Crippen molar-refractivity contribution in [2.45, 2.75) is 13.8 Å². The van der Waals surface area contributed by atoms with Crippen LogP contribution in [0.5, 0.6) is 5.75 Å². The van der Waals surface area contributed by atoms with E-state index in [1.165, 1.54) is 0 Å². The molecule has 0 saturated heterocycles. The fourth-order valence-corrected chi connectivity index (χ4v) is 0.967. The standard InChI is InChI=1S/C9H10O2/c1-6-3-4-7(2)9(11)8(6)5-10/h3-5,11H,1-2H3. The van der Waals surface area contributed by atoms with Gasteiger partial charge >= 0.3 is 0 Å². The average Bonchev–Trinajstić information content (AvgIpc) is 1.99. The summed E-state index contributed by atoms with van der Waals surface area (Å²) in [5.41, 5.74) is 1.94. The summed E-state index contributed by atoms with van der Waals surface area (Å²) in [5.74, 6) is 0.0972. The Kier molecular flexibility index (Phi) is 1.94. The monoisotopic (exact) mass is 150 g/mol. The van der Waals surface area contributed by atoms with Gasteiger partial charge in [-0.05, 0) is 25.0 Å². The van der Waals surface area contributed by atoms with Crippen LogP contribution in [0, 0.1) is 13.8 Å². The summed E-state index contributed by atoms with van der Waals surface area (Å²) in [6, 6.07) is 3.61. The second-order valence-corrected chi connectivity index (χ2v) is 2.58. The van der Waals surface area contributed by atoms with E-state index in [-0.39, 0.29) is 5.75 Å². The molecular weight excluding hydrogens is 140 g/mol. The van der Waals surface area contributed by atoms with Crippen molar-refractivity contribution in [3.63, 3.8) is 0 Å². The molecule has 0 bridgehead atoms. The molecular formula is C9H10O2. The molecule has 1 aromatic carbocycles. The second-order valence-electron chi connectivity index (χ2n) is 2.58. The maximum atomic E-state index is 10.4. The Labute approximate surface area is 65.5 Å². The van der Waals surface area contributed by atoms with Crippen LogP contribution in [0.15, 0.2) is 12.1 Å². The molecule has 0 spiro atoms. The number of hydrogen-bond donors (Lipinski definition) is 1. The molecule has 11 heavy (non-hydrogen) atoms. The van der Waals surface area contributed by atoms with Gasteiger partial charge in [0.15, 0.2) is 6.29 Å². The first-order valence-electron chi connectivity index (χ1n) is 3.41. The largest absolute Gasteiger partial charge is 0.507 e. The summed E-state index contributed by atoms with van der Waals surface area (Å²) >= 11 is 0. The van der Waals surface area contributed by atoms with Crippen molar-refractivity contribution in [2.24, 2.45) is 0 Å². The Hall–Kier alpha value is -1.31. The number of carbonyl (C=O) groups excluding carboxylic acids is 1. The Morgan fingerprint density at radius 3 is 2.27 bits per heavy atom. The van der Waals surface area contributed by atoms with E-state index in [4.69, 9.17) is 0 Å². The first-order chi connectivity index (χ1) is 5.16. The number of carbonyl (C=O) groups is 1. The van der Waals surface area contributed by atoms with Crippen molar-refractivity contribution in [3.05, 3.63) is 28.8 Å². The van der Waals surface area contributed by atoms with E-state index in [9.17, 15) is 9.90 Å². The number of hydrogen-bond acceptors (Lipinski definition) is 2. The van der Waals surface area contributed by atoms with E-state index in [1.807, 2.05) is 6.07 Å². The Bertz CT molecular complexity index is 290. The van der Waals surface area contributed by atoms with Gasteiger partial charge in [0.05, 0.1) is 5.56 Å². The average molecular weight is 150 g/mol. The lowest BCUT2D eigenvalue weighted by atomic mass is 10.1. The van der Waals surface area contributed by atoms with Gasteiger partial charge in [-0.15, -0.1) is 0 Å². The molecule has 0 fully saturated rings. The number of phenols is 1. The lowest BCUT2D eigenvalue weighted by molar-refractivity contribution is 0.112. The maximum Gasteiger partial charge on any atom is 0.154 e. The molecule has 0 amide bonds. The van der Waals surface area contributed by atoms with Gasteiger partial charge in [-0.25, -0.2) is 0 Å². The molecule has 58 valence electrons. The predicted molar refractivity (Wildman–Crippen MR) is 43.0 cm³/mol. The van der Waals surface area contributed by atoms with E-state index in [2.05, 4.69) is 0 Å². The quantitative estimate of drug-likeness (QED) is 0.620. The minimum atomic E-state index is 0.0972. The van der Waals surface area contributed by atoms with E-state index >= 15 is 0 Å². The zero-order valence-corrected chi connectivity index (χ0v) is 6.59. The van der Waals surface area contributed by atoms with Crippen LogP contribution in [0.1, 0.15) is 21.5 Å². The molecule has 0 saturated carbocycles. The third-order valence-electron chi connectivity index (χ3n) is 1.75. The number of benzene rings is 1. The van der Waals surface area contributed by atoms with Crippen LogP contribution in [0.25, 0.3) is 0 Å². The van der Waals surface area contributed by atoms with E-state index < -0.39 is 0 Å². The fraction of sp³-hybridized carbons (Fsp3) is 0.222. The van der Waals surface area contributed by atoms with E-state index in [0.717, 1.165) is 11.1 Å². The number of aryl methyl sites for hydroxylation is 2. The van der Waals surface area contributed by atoms with Crippen molar-refractivity contribution in [2.75, 3.05) is 0 Å². The van der Waals surface area contributed by atoms with E-state index in [0.29, 0.717) is 11.8 Å². The van der Waals surface area contributed by atoms with Gasteiger partial charge in [0, 0.05) is 0 Å². The minimum absolute atomic E-state index is 0.0972.